The zero-order chi connectivity index (χ0) is 35.6. The van der Waals surface area contributed by atoms with E-state index in [1.807, 2.05) is 0 Å². The number of hydrogen-bond donors (Lipinski definition) is 0. The molecule has 0 amide bonds. The standard InChI is InChI=1S/C54H41N/c1-3-12-34(13-4-1)36-22-23-48-45(29-36)53(38-25-32-24-33(27-38)28-39(53)26-32)46-30-37(35-14-5-2-6-15-35)31-47-52(46)55(48)49-21-11-18-42-50-40-16-7-9-19-43(40)54(47,51(42)49)44-20-10-8-17-41(44)50/h1-23,29-33,38-39,50H,24-28H2. The number of benzene rings is 7. The fourth-order valence-electron chi connectivity index (χ4n) is 14.4. The second-order valence-electron chi connectivity index (χ2n) is 18.0. The average molecular weight is 704 g/mol. The molecule has 16 rings (SSSR count). The van der Waals surface area contributed by atoms with Gasteiger partial charge in [-0.15, -0.1) is 0 Å². The Balaban J connectivity index is 1.19. The monoisotopic (exact) mass is 703 g/mol. The lowest BCUT2D eigenvalue weighted by Crippen LogP contribution is -2.58. The molecule has 0 saturated heterocycles. The van der Waals surface area contributed by atoms with Crippen LogP contribution in [0.3, 0.4) is 0 Å². The molecule has 4 saturated carbocycles. The van der Waals surface area contributed by atoms with Crippen LogP contribution in [-0.4, -0.2) is 0 Å². The molecule has 1 nitrogen and oxygen atoms in total. The SMILES string of the molecule is c1ccc(-c2ccc3c(c2)C2(c4cc(-c5ccccc5)cc5c4N3c3cccc4c3C53c5ccccc5C4c4ccccc43)C3CC4CC(C3)CC2C4)cc1. The fraction of sp³-hybridized carbons (Fsp3) is 0.222. The summed E-state index contributed by atoms with van der Waals surface area (Å²) in [4.78, 5) is 2.77. The zero-order valence-electron chi connectivity index (χ0n) is 30.9. The Morgan fingerprint density at radius 2 is 0.964 bits per heavy atom. The average Bonchev–Trinajstić information content (AvgIpc) is 3.24. The second kappa shape index (κ2) is 10.1. The van der Waals surface area contributed by atoms with Gasteiger partial charge in [-0.25, -0.2) is 0 Å². The van der Waals surface area contributed by atoms with E-state index in [2.05, 4.69) is 163 Å². The summed E-state index contributed by atoms with van der Waals surface area (Å²) < 4.78 is 0. The molecule has 0 atom stereocenters. The molecule has 4 fully saturated rings. The maximum Gasteiger partial charge on any atom is 0.0751 e. The molecule has 7 aromatic rings. The Bertz CT molecular complexity index is 2720. The van der Waals surface area contributed by atoms with Gasteiger partial charge >= 0.3 is 0 Å². The highest BCUT2D eigenvalue weighted by molar-refractivity contribution is 6.00. The Morgan fingerprint density at radius 1 is 0.400 bits per heavy atom. The molecule has 0 radical (unpaired) electrons. The summed E-state index contributed by atoms with van der Waals surface area (Å²) in [5.41, 5.74) is 22.7. The van der Waals surface area contributed by atoms with Crippen LogP contribution in [0.1, 0.15) is 88.1 Å². The summed E-state index contributed by atoms with van der Waals surface area (Å²) in [6, 6.07) is 61.8. The van der Waals surface area contributed by atoms with Crippen LogP contribution < -0.4 is 4.90 Å². The summed E-state index contributed by atoms with van der Waals surface area (Å²) >= 11 is 0. The molecular formula is C54H41N. The third-order valence-corrected chi connectivity index (χ3v) is 15.9. The maximum atomic E-state index is 2.77. The predicted octanol–water partition coefficient (Wildman–Crippen LogP) is 13.0. The maximum absolute atomic E-state index is 2.77. The lowest BCUT2D eigenvalue weighted by atomic mass is 9.40. The molecule has 2 spiro atoms. The van der Waals surface area contributed by atoms with Gasteiger partial charge in [0.25, 0.3) is 0 Å². The predicted molar refractivity (Wildman–Crippen MR) is 223 cm³/mol. The Hall–Kier alpha value is -5.66. The first kappa shape index (κ1) is 29.7. The first-order valence-corrected chi connectivity index (χ1v) is 20.8. The van der Waals surface area contributed by atoms with Gasteiger partial charge in [0.1, 0.15) is 0 Å². The summed E-state index contributed by atoms with van der Waals surface area (Å²) in [6.45, 7) is 0. The molecule has 262 valence electrons. The van der Waals surface area contributed by atoms with Crippen molar-refractivity contribution in [2.75, 3.05) is 4.90 Å². The largest absolute Gasteiger partial charge is 0.309 e. The third kappa shape index (κ3) is 3.38. The molecule has 6 bridgehead atoms. The number of fused-ring (bicyclic) bond motifs is 3. The molecule has 7 aromatic carbocycles. The van der Waals surface area contributed by atoms with E-state index in [9.17, 15) is 0 Å². The smallest absolute Gasteiger partial charge is 0.0751 e. The molecule has 7 aliphatic carbocycles. The van der Waals surface area contributed by atoms with Gasteiger partial charge < -0.3 is 4.90 Å². The van der Waals surface area contributed by atoms with Crippen LogP contribution in [0, 0.1) is 23.7 Å². The minimum absolute atomic E-state index is 0.0461. The topological polar surface area (TPSA) is 3.24 Å². The molecule has 1 heteroatoms. The van der Waals surface area contributed by atoms with Gasteiger partial charge in [0.15, 0.2) is 0 Å². The van der Waals surface area contributed by atoms with Gasteiger partial charge in [-0.05, 0) is 158 Å². The summed E-state index contributed by atoms with van der Waals surface area (Å²) in [7, 11) is 0. The quantitative estimate of drug-likeness (QED) is 0.173. The number of rotatable bonds is 2. The van der Waals surface area contributed by atoms with Crippen LogP contribution in [0.15, 0.2) is 158 Å². The second-order valence-corrected chi connectivity index (χ2v) is 18.0. The molecule has 55 heavy (non-hydrogen) atoms. The van der Waals surface area contributed by atoms with E-state index in [-0.39, 0.29) is 11.3 Å². The molecule has 0 aromatic heterocycles. The highest BCUT2D eigenvalue weighted by atomic mass is 15.2. The molecule has 2 heterocycles. The van der Waals surface area contributed by atoms with Gasteiger partial charge in [-0.3, -0.25) is 0 Å². The van der Waals surface area contributed by atoms with Crippen LogP contribution in [-0.2, 0) is 10.8 Å². The third-order valence-electron chi connectivity index (χ3n) is 15.9. The summed E-state index contributed by atoms with van der Waals surface area (Å²) in [5, 5.41) is 0. The lowest BCUT2D eigenvalue weighted by Gasteiger charge is -2.65. The van der Waals surface area contributed by atoms with E-state index < -0.39 is 5.41 Å². The van der Waals surface area contributed by atoms with Crippen molar-refractivity contribution in [3.8, 4) is 22.3 Å². The van der Waals surface area contributed by atoms with Crippen LogP contribution in [0.2, 0.25) is 0 Å². The van der Waals surface area contributed by atoms with Crippen molar-refractivity contribution in [3.05, 3.63) is 208 Å². The molecule has 0 unspecified atom stereocenters. The van der Waals surface area contributed by atoms with Crippen LogP contribution in [0.25, 0.3) is 22.3 Å². The van der Waals surface area contributed by atoms with Crippen molar-refractivity contribution in [3.63, 3.8) is 0 Å². The van der Waals surface area contributed by atoms with Gasteiger partial charge in [0, 0.05) is 11.3 Å². The summed E-state index contributed by atoms with van der Waals surface area (Å²) in [5.74, 6) is 3.24. The molecule has 2 aliphatic heterocycles. The van der Waals surface area contributed by atoms with Crippen molar-refractivity contribution in [2.45, 2.75) is 48.9 Å². The Kier molecular flexibility index (Phi) is 5.47. The molecular weight excluding hydrogens is 663 g/mol. The van der Waals surface area contributed by atoms with Crippen molar-refractivity contribution in [1.29, 1.82) is 0 Å². The minimum Gasteiger partial charge on any atom is -0.309 e. The molecule has 9 aliphatic rings. The van der Waals surface area contributed by atoms with E-state index in [1.54, 1.807) is 11.1 Å². The number of nitrogens with zero attached hydrogens (tertiary/aromatic N) is 1. The lowest BCUT2D eigenvalue weighted by molar-refractivity contribution is -0.0419. The Morgan fingerprint density at radius 3 is 1.64 bits per heavy atom. The number of hydrogen-bond acceptors (Lipinski definition) is 1. The van der Waals surface area contributed by atoms with Gasteiger partial charge in [0.2, 0.25) is 0 Å². The van der Waals surface area contributed by atoms with Crippen molar-refractivity contribution >= 4 is 17.1 Å². The summed E-state index contributed by atoms with van der Waals surface area (Å²) in [6.07, 6.45) is 6.86. The van der Waals surface area contributed by atoms with Crippen LogP contribution >= 0.6 is 0 Å². The first-order valence-electron chi connectivity index (χ1n) is 20.8. The highest BCUT2D eigenvalue weighted by Crippen LogP contribution is 2.75. The van der Waals surface area contributed by atoms with Crippen LogP contribution in [0.4, 0.5) is 17.1 Å². The number of anilines is 3. The van der Waals surface area contributed by atoms with Gasteiger partial charge in [-0.2, -0.15) is 0 Å². The highest BCUT2D eigenvalue weighted by Gasteiger charge is 2.65. The normalized spacial score (nSPS) is 28.7. The van der Waals surface area contributed by atoms with Gasteiger partial charge in [-0.1, -0.05) is 127 Å². The van der Waals surface area contributed by atoms with Crippen molar-refractivity contribution < 1.29 is 0 Å². The van der Waals surface area contributed by atoms with Crippen LogP contribution in [0.5, 0.6) is 0 Å². The fourth-order valence-corrected chi connectivity index (χ4v) is 14.4. The van der Waals surface area contributed by atoms with E-state index in [0.29, 0.717) is 11.8 Å². The zero-order valence-corrected chi connectivity index (χ0v) is 30.9. The van der Waals surface area contributed by atoms with Crippen molar-refractivity contribution in [1.82, 2.24) is 0 Å². The Labute approximate surface area is 323 Å². The van der Waals surface area contributed by atoms with E-state index in [0.717, 1.165) is 11.8 Å². The minimum atomic E-state index is -0.409. The van der Waals surface area contributed by atoms with E-state index >= 15 is 0 Å². The van der Waals surface area contributed by atoms with E-state index in [1.165, 1.54) is 110 Å². The molecule has 0 N–H and O–H groups in total. The van der Waals surface area contributed by atoms with E-state index in [4.69, 9.17) is 0 Å². The van der Waals surface area contributed by atoms with Gasteiger partial charge in [0.05, 0.1) is 22.5 Å². The van der Waals surface area contributed by atoms with Crippen molar-refractivity contribution in [2.24, 2.45) is 23.7 Å². The first-order chi connectivity index (χ1) is 27.2.